The molecule has 2 saturated carbocycles. The highest BCUT2D eigenvalue weighted by molar-refractivity contribution is 5.77. The molecule has 0 radical (unpaired) electrons. The van der Waals surface area contributed by atoms with Crippen LogP contribution in [0.25, 0.3) is 0 Å². The number of aliphatic hydroxyl groups excluding tert-OH is 1. The number of hydrogen-bond donors (Lipinski definition) is 1. The number of likely N-dealkylation sites (tertiary alicyclic amines) is 1. The van der Waals surface area contributed by atoms with Crippen molar-refractivity contribution in [3.8, 4) is 0 Å². The lowest BCUT2D eigenvalue weighted by Crippen LogP contribution is -2.53. The fourth-order valence-corrected chi connectivity index (χ4v) is 4.08. The quantitative estimate of drug-likeness (QED) is 0.740. The van der Waals surface area contributed by atoms with Gasteiger partial charge in [0.25, 0.3) is 0 Å². The Labute approximate surface area is 109 Å². The average Bonchev–Trinajstić information content (AvgIpc) is 2.45. The summed E-state index contributed by atoms with van der Waals surface area (Å²) >= 11 is 0. The van der Waals surface area contributed by atoms with Gasteiger partial charge in [-0.05, 0) is 18.8 Å². The van der Waals surface area contributed by atoms with E-state index in [0.717, 1.165) is 18.4 Å². The summed E-state index contributed by atoms with van der Waals surface area (Å²) in [5, 5.41) is 10.2. The number of halogens is 3. The van der Waals surface area contributed by atoms with E-state index in [0.29, 0.717) is 6.54 Å². The first-order valence-corrected chi connectivity index (χ1v) is 6.51. The van der Waals surface area contributed by atoms with Gasteiger partial charge in [0.1, 0.15) is 6.42 Å². The number of alkyl halides is 3. The van der Waals surface area contributed by atoms with Crippen LogP contribution in [0, 0.1) is 17.8 Å². The summed E-state index contributed by atoms with van der Waals surface area (Å²) in [5.74, 6) is -0.783. The molecule has 1 N–H and O–H groups in total. The Morgan fingerprint density at radius 2 is 2.00 bits per heavy atom. The molecular weight excluding hydrogens is 259 g/mol. The maximum absolute atomic E-state index is 12.4. The van der Waals surface area contributed by atoms with Crippen LogP contribution in [0.4, 0.5) is 13.2 Å². The van der Waals surface area contributed by atoms with Gasteiger partial charge < -0.3 is 10.0 Å². The minimum absolute atomic E-state index is 0.0234. The van der Waals surface area contributed by atoms with Crippen molar-refractivity contribution in [2.24, 2.45) is 17.8 Å². The van der Waals surface area contributed by atoms with Crippen molar-refractivity contribution in [2.45, 2.75) is 37.6 Å². The molecule has 3 aliphatic rings. The second-order valence-electron chi connectivity index (χ2n) is 5.94. The van der Waals surface area contributed by atoms with E-state index >= 15 is 0 Å². The fourth-order valence-electron chi connectivity index (χ4n) is 4.08. The highest BCUT2D eigenvalue weighted by Crippen LogP contribution is 2.53. The van der Waals surface area contributed by atoms with Crippen molar-refractivity contribution < 1.29 is 23.1 Å². The molecule has 3 nitrogen and oxygen atoms in total. The van der Waals surface area contributed by atoms with Crippen LogP contribution in [0.2, 0.25) is 0 Å². The van der Waals surface area contributed by atoms with Gasteiger partial charge in [-0.25, -0.2) is 0 Å². The first-order valence-electron chi connectivity index (χ1n) is 6.51. The highest BCUT2D eigenvalue weighted by atomic mass is 19.4. The molecule has 3 fully saturated rings. The maximum atomic E-state index is 12.4. The third-order valence-corrected chi connectivity index (χ3v) is 4.79. The zero-order valence-electron chi connectivity index (χ0n) is 10.4. The van der Waals surface area contributed by atoms with Crippen molar-refractivity contribution in [2.75, 3.05) is 6.54 Å². The summed E-state index contributed by atoms with van der Waals surface area (Å²) in [7, 11) is 0. The molecule has 2 aliphatic carbocycles. The number of aliphatic hydroxyl groups is 1. The molecule has 1 aliphatic heterocycles. The standard InChI is InChI=1S/C13H16F3NO2/c1-6-8-2-7-3-9(6)12(19)11(8)17(5-7)10(18)4-13(14,15)16/h7-9,11-12,19H,1-5H2/t7?,8-,9+,11?,12-/m0/s1. The molecule has 1 heterocycles. The van der Waals surface area contributed by atoms with E-state index in [4.69, 9.17) is 0 Å². The van der Waals surface area contributed by atoms with Crippen LogP contribution >= 0.6 is 0 Å². The Bertz CT molecular complexity index is 434. The monoisotopic (exact) mass is 275 g/mol. The van der Waals surface area contributed by atoms with E-state index in [2.05, 4.69) is 6.58 Å². The molecule has 0 aromatic rings. The van der Waals surface area contributed by atoms with Gasteiger partial charge in [-0.1, -0.05) is 12.2 Å². The molecule has 0 aromatic carbocycles. The zero-order valence-corrected chi connectivity index (χ0v) is 10.4. The normalized spacial score (nSPS) is 40.9. The molecule has 0 aromatic heterocycles. The smallest absolute Gasteiger partial charge is 0.390 e. The van der Waals surface area contributed by atoms with Crippen LogP contribution in [0.15, 0.2) is 12.2 Å². The predicted octanol–water partition coefficient (Wildman–Crippen LogP) is 1.72. The van der Waals surface area contributed by atoms with E-state index in [1.54, 1.807) is 0 Å². The molecule has 106 valence electrons. The summed E-state index contributed by atoms with van der Waals surface area (Å²) in [4.78, 5) is 13.1. The SMILES string of the molecule is C=C1[C@H]2CC3C[C@@H]1C([C@H]2O)N(C(=O)CC(F)(F)F)C3. The van der Waals surface area contributed by atoms with E-state index in [1.807, 2.05) is 0 Å². The lowest BCUT2D eigenvalue weighted by atomic mass is 9.75. The number of amides is 1. The summed E-state index contributed by atoms with van der Waals surface area (Å²) in [6.45, 7) is 4.30. The van der Waals surface area contributed by atoms with Gasteiger partial charge in [-0.15, -0.1) is 0 Å². The highest BCUT2D eigenvalue weighted by Gasteiger charge is 2.57. The van der Waals surface area contributed by atoms with E-state index < -0.39 is 30.7 Å². The second-order valence-corrected chi connectivity index (χ2v) is 5.94. The predicted molar refractivity (Wildman–Crippen MR) is 61.0 cm³/mol. The molecule has 6 heteroatoms. The minimum atomic E-state index is -4.49. The summed E-state index contributed by atoms with van der Waals surface area (Å²) in [6.07, 6.45) is -5.10. The van der Waals surface area contributed by atoms with Crippen LogP contribution in [-0.2, 0) is 4.79 Å². The number of hydrogen-bond acceptors (Lipinski definition) is 2. The van der Waals surface area contributed by atoms with Gasteiger partial charge in [0, 0.05) is 18.4 Å². The fraction of sp³-hybridized carbons (Fsp3) is 0.769. The van der Waals surface area contributed by atoms with E-state index in [1.165, 1.54) is 4.90 Å². The number of fused-ring (bicyclic) bond motifs is 2. The van der Waals surface area contributed by atoms with Crippen LogP contribution in [0.3, 0.4) is 0 Å². The van der Waals surface area contributed by atoms with E-state index in [9.17, 15) is 23.1 Å². The van der Waals surface area contributed by atoms with Crippen LogP contribution in [0.5, 0.6) is 0 Å². The van der Waals surface area contributed by atoms with Crippen LogP contribution < -0.4 is 0 Å². The lowest BCUT2D eigenvalue weighted by Gasteiger charge is -2.43. The van der Waals surface area contributed by atoms with Gasteiger partial charge in [0.05, 0.1) is 12.1 Å². The van der Waals surface area contributed by atoms with Gasteiger partial charge in [-0.2, -0.15) is 13.2 Å². The Hall–Kier alpha value is -1.04. The number of rotatable bonds is 1. The second kappa shape index (κ2) is 3.98. The average molecular weight is 275 g/mol. The number of carbonyl (C=O) groups is 1. The van der Waals surface area contributed by atoms with E-state index in [-0.39, 0.29) is 17.8 Å². The van der Waals surface area contributed by atoms with Gasteiger partial charge >= 0.3 is 6.18 Å². The van der Waals surface area contributed by atoms with Gasteiger partial charge in [0.2, 0.25) is 5.91 Å². The molecule has 19 heavy (non-hydrogen) atoms. The molecule has 2 unspecified atom stereocenters. The van der Waals surface area contributed by atoms with Crippen molar-refractivity contribution in [3.63, 3.8) is 0 Å². The van der Waals surface area contributed by atoms with Crippen molar-refractivity contribution in [1.29, 1.82) is 0 Å². The third-order valence-electron chi connectivity index (χ3n) is 4.79. The Morgan fingerprint density at radius 3 is 2.63 bits per heavy atom. The Morgan fingerprint density at radius 1 is 1.37 bits per heavy atom. The van der Waals surface area contributed by atoms with Gasteiger partial charge in [-0.3, -0.25) is 4.79 Å². The van der Waals surface area contributed by atoms with Crippen molar-refractivity contribution in [1.82, 2.24) is 4.90 Å². The number of piperidine rings is 1. The molecule has 0 spiro atoms. The molecule has 1 amide bonds. The third kappa shape index (κ3) is 1.96. The lowest BCUT2D eigenvalue weighted by molar-refractivity contribution is -0.166. The largest absolute Gasteiger partial charge is 0.397 e. The van der Waals surface area contributed by atoms with Crippen molar-refractivity contribution >= 4 is 5.91 Å². The first-order chi connectivity index (χ1) is 8.78. The van der Waals surface area contributed by atoms with Crippen molar-refractivity contribution in [3.05, 3.63) is 12.2 Å². The molecule has 3 bridgehead atoms. The number of nitrogens with zero attached hydrogens (tertiary/aromatic N) is 1. The molecular formula is C13H16F3NO2. The summed E-state index contributed by atoms with van der Waals surface area (Å²) < 4.78 is 37.1. The number of carbonyl (C=O) groups excluding carboxylic acids is 1. The molecule has 5 atom stereocenters. The molecule has 1 saturated heterocycles. The van der Waals surface area contributed by atoms with Crippen LogP contribution in [0.1, 0.15) is 19.3 Å². The van der Waals surface area contributed by atoms with Gasteiger partial charge in [0.15, 0.2) is 0 Å². The summed E-state index contributed by atoms with van der Waals surface area (Å²) in [5.41, 5.74) is 0.915. The van der Waals surface area contributed by atoms with Crippen LogP contribution in [-0.4, -0.2) is 40.8 Å². The Kier molecular flexibility index (Phi) is 2.71. The maximum Gasteiger partial charge on any atom is 0.397 e. The molecule has 3 rings (SSSR count). The summed E-state index contributed by atoms with van der Waals surface area (Å²) in [6, 6.07) is -0.494. The zero-order chi connectivity index (χ0) is 13.9. The first kappa shape index (κ1) is 13.0. The minimum Gasteiger partial charge on any atom is -0.390 e. The topological polar surface area (TPSA) is 40.5 Å². The Balaban J connectivity index is 1.85.